The van der Waals surface area contributed by atoms with E-state index in [1.807, 2.05) is 24.3 Å². The van der Waals surface area contributed by atoms with Crippen LogP contribution in [0.4, 0.5) is 11.4 Å². The van der Waals surface area contributed by atoms with Gasteiger partial charge in [-0.15, -0.1) is 0 Å². The van der Waals surface area contributed by atoms with Crippen molar-refractivity contribution in [3.63, 3.8) is 0 Å². The highest BCUT2D eigenvalue weighted by atomic mass is 14.5. The summed E-state index contributed by atoms with van der Waals surface area (Å²) >= 11 is 0. The van der Waals surface area contributed by atoms with E-state index in [0.29, 0.717) is 0 Å². The molecule has 0 saturated heterocycles. The fourth-order valence-electron chi connectivity index (χ4n) is 4.91. The topological polar surface area (TPSA) is 52.0 Å². The smallest absolute Gasteiger partial charge is 0.0314 e. The molecule has 35 heavy (non-hydrogen) atoms. The highest BCUT2D eigenvalue weighted by molar-refractivity contribution is 5.44. The van der Waals surface area contributed by atoms with Crippen LogP contribution in [-0.2, 0) is 18.3 Å². The minimum atomic E-state index is -0.00533. The average Bonchev–Trinajstić information content (AvgIpc) is 2.88. The van der Waals surface area contributed by atoms with Crippen LogP contribution in [0.25, 0.3) is 0 Å². The lowest BCUT2D eigenvalue weighted by Crippen LogP contribution is -2.23. The van der Waals surface area contributed by atoms with Gasteiger partial charge in [0.2, 0.25) is 0 Å². The van der Waals surface area contributed by atoms with Gasteiger partial charge in [0.05, 0.1) is 0 Å². The maximum absolute atomic E-state index is 5.84. The molecule has 0 amide bonds. The Bertz CT molecular complexity index is 1100. The van der Waals surface area contributed by atoms with Gasteiger partial charge in [0.15, 0.2) is 0 Å². The van der Waals surface area contributed by atoms with Gasteiger partial charge < -0.3 is 11.5 Å². The number of nitrogens with two attached hydrogens (primary N) is 2. The predicted molar refractivity (Wildman–Crippen MR) is 151 cm³/mol. The van der Waals surface area contributed by atoms with Gasteiger partial charge in [-0.1, -0.05) is 106 Å². The molecule has 0 aliphatic carbocycles. The number of nitrogen functional groups attached to an aromatic ring is 2. The fourth-order valence-corrected chi connectivity index (χ4v) is 4.91. The van der Waals surface area contributed by atoms with Gasteiger partial charge in [-0.3, -0.25) is 0 Å². The van der Waals surface area contributed by atoms with Gasteiger partial charge in [0.1, 0.15) is 0 Å². The van der Waals surface area contributed by atoms with Crippen molar-refractivity contribution in [3.8, 4) is 0 Å². The highest BCUT2D eigenvalue weighted by Gasteiger charge is 2.28. The van der Waals surface area contributed by atoms with E-state index >= 15 is 0 Å². The lowest BCUT2D eigenvalue weighted by atomic mass is 9.72. The average molecular weight is 463 g/mol. The van der Waals surface area contributed by atoms with Crippen LogP contribution in [0.3, 0.4) is 0 Å². The minimum Gasteiger partial charge on any atom is -0.399 e. The first kappa shape index (κ1) is 24.6. The number of rotatable bonds is 10. The number of hydrogen-bond acceptors (Lipinski definition) is 2. The predicted octanol–water partition coefficient (Wildman–Crippen LogP) is 7.92. The number of benzene rings is 4. The molecule has 4 rings (SSSR count). The zero-order valence-electron chi connectivity index (χ0n) is 21.1. The van der Waals surface area contributed by atoms with E-state index in [2.05, 4.69) is 86.6 Å². The third-order valence-corrected chi connectivity index (χ3v) is 7.24. The van der Waals surface area contributed by atoms with E-state index in [4.69, 9.17) is 11.5 Å². The van der Waals surface area contributed by atoms with E-state index in [1.54, 1.807) is 0 Å². The molecule has 180 valence electrons. The molecule has 0 fully saturated rings. The lowest BCUT2D eigenvalue weighted by molar-refractivity contribution is 0.483. The highest BCUT2D eigenvalue weighted by Crippen LogP contribution is 2.37. The first-order chi connectivity index (χ1) is 17.0. The molecule has 0 radical (unpaired) electrons. The maximum atomic E-state index is 5.84. The molecule has 0 aliphatic rings. The van der Waals surface area contributed by atoms with Gasteiger partial charge in [-0.05, 0) is 76.9 Å². The Hall–Kier alpha value is -3.52. The second-order valence-corrected chi connectivity index (χ2v) is 10.0. The Morgan fingerprint density at radius 1 is 0.514 bits per heavy atom. The summed E-state index contributed by atoms with van der Waals surface area (Å²) in [5.74, 6) is 0. The third kappa shape index (κ3) is 6.33. The number of anilines is 2. The molecule has 0 aliphatic heterocycles. The second kappa shape index (κ2) is 11.3. The van der Waals surface area contributed by atoms with Gasteiger partial charge in [-0.25, -0.2) is 0 Å². The largest absolute Gasteiger partial charge is 0.399 e. The number of unbranched alkanes of at least 4 members (excludes halogenated alkanes) is 2. The van der Waals surface area contributed by atoms with Crippen molar-refractivity contribution in [2.45, 2.75) is 57.8 Å². The SMILES string of the molecule is CCCCCC(C)(c1ccc(Cc2ccc(N)cc2)cc1)c1ccc(Cc2ccc(N)cc2)cc1. The van der Waals surface area contributed by atoms with Crippen molar-refractivity contribution < 1.29 is 0 Å². The number of hydrogen-bond donors (Lipinski definition) is 2. The normalized spacial score (nSPS) is 11.5. The van der Waals surface area contributed by atoms with Crippen LogP contribution < -0.4 is 11.5 Å². The van der Waals surface area contributed by atoms with E-state index in [9.17, 15) is 0 Å². The zero-order chi connectivity index (χ0) is 24.7. The van der Waals surface area contributed by atoms with Crippen molar-refractivity contribution in [1.29, 1.82) is 0 Å². The molecule has 4 N–H and O–H groups in total. The third-order valence-electron chi connectivity index (χ3n) is 7.24. The summed E-state index contributed by atoms with van der Waals surface area (Å²) in [4.78, 5) is 0. The monoisotopic (exact) mass is 462 g/mol. The Labute approximate surface area is 211 Å². The van der Waals surface area contributed by atoms with Crippen molar-refractivity contribution in [3.05, 3.63) is 130 Å². The van der Waals surface area contributed by atoms with Crippen LogP contribution in [0, 0.1) is 0 Å². The molecule has 0 atom stereocenters. The molecule has 0 saturated carbocycles. The Balaban J connectivity index is 1.54. The Morgan fingerprint density at radius 3 is 1.20 bits per heavy atom. The maximum Gasteiger partial charge on any atom is 0.0314 e. The van der Waals surface area contributed by atoms with Gasteiger partial charge in [-0.2, -0.15) is 0 Å². The molecular formula is C33H38N2. The van der Waals surface area contributed by atoms with Crippen molar-refractivity contribution in [2.24, 2.45) is 0 Å². The van der Waals surface area contributed by atoms with Crippen LogP contribution in [0.2, 0.25) is 0 Å². The summed E-state index contributed by atoms with van der Waals surface area (Å²) in [7, 11) is 0. The molecule has 0 bridgehead atoms. The molecule has 0 spiro atoms. The van der Waals surface area contributed by atoms with Crippen LogP contribution in [0.5, 0.6) is 0 Å². The molecule has 0 unspecified atom stereocenters. The molecule has 0 heterocycles. The van der Waals surface area contributed by atoms with E-state index in [1.165, 1.54) is 52.6 Å². The molecule has 2 nitrogen and oxygen atoms in total. The lowest BCUT2D eigenvalue weighted by Gasteiger charge is -2.32. The van der Waals surface area contributed by atoms with E-state index < -0.39 is 0 Å². The van der Waals surface area contributed by atoms with Gasteiger partial charge in [0.25, 0.3) is 0 Å². The molecule has 4 aromatic rings. The summed E-state index contributed by atoms with van der Waals surface area (Å²) in [5, 5.41) is 0. The van der Waals surface area contributed by atoms with Crippen LogP contribution in [0.1, 0.15) is 72.9 Å². The van der Waals surface area contributed by atoms with Gasteiger partial charge in [0, 0.05) is 16.8 Å². The summed E-state index contributed by atoms with van der Waals surface area (Å²) in [6, 6.07) is 34.9. The standard InChI is InChI=1S/C33H38N2/c1-3-4-5-22-33(2,29-14-6-25(7-15-29)23-27-10-18-31(34)19-11-27)30-16-8-26(9-17-30)24-28-12-20-32(35)21-13-28/h6-21H,3-5,22-24,34-35H2,1-2H3. The summed E-state index contributed by atoms with van der Waals surface area (Å²) in [6.45, 7) is 4.68. The van der Waals surface area contributed by atoms with Crippen LogP contribution in [-0.4, -0.2) is 0 Å². The molecule has 2 heteroatoms. The summed E-state index contributed by atoms with van der Waals surface area (Å²) in [6.07, 6.45) is 6.72. The Morgan fingerprint density at radius 2 is 0.857 bits per heavy atom. The fraction of sp³-hybridized carbons (Fsp3) is 0.273. The van der Waals surface area contributed by atoms with Crippen molar-refractivity contribution in [2.75, 3.05) is 11.5 Å². The van der Waals surface area contributed by atoms with Crippen LogP contribution in [0.15, 0.2) is 97.1 Å². The van der Waals surface area contributed by atoms with Gasteiger partial charge >= 0.3 is 0 Å². The van der Waals surface area contributed by atoms with E-state index in [0.717, 1.165) is 30.6 Å². The second-order valence-electron chi connectivity index (χ2n) is 10.0. The minimum absolute atomic E-state index is 0.00533. The van der Waals surface area contributed by atoms with Crippen molar-refractivity contribution >= 4 is 11.4 Å². The molecule has 4 aromatic carbocycles. The summed E-state index contributed by atoms with van der Waals surface area (Å²) in [5.41, 5.74) is 21.3. The quantitative estimate of drug-likeness (QED) is 0.186. The zero-order valence-corrected chi connectivity index (χ0v) is 21.1. The first-order valence-corrected chi connectivity index (χ1v) is 12.8. The molecule has 0 aromatic heterocycles. The Kier molecular flexibility index (Phi) is 7.92. The van der Waals surface area contributed by atoms with Crippen molar-refractivity contribution in [1.82, 2.24) is 0 Å². The first-order valence-electron chi connectivity index (χ1n) is 12.8. The van der Waals surface area contributed by atoms with E-state index in [-0.39, 0.29) is 5.41 Å². The van der Waals surface area contributed by atoms with Crippen LogP contribution >= 0.6 is 0 Å². The summed E-state index contributed by atoms with van der Waals surface area (Å²) < 4.78 is 0. The molecular weight excluding hydrogens is 424 g/mol.